The van der Waals surface area contributed by atoms with Crippen LogP contribution in [0.25, 0.3) is 11.2 Å². The number of hydrogen-bond acceptors (Lipinski definition) is 7. The molecule has 1 unspecified atom stereocenters. The molecule has 2 aromatic heterocycles. The Kier molecular flexibility index (Phi) is 8.65. The number of nitrogens with zero attached hydrogens (tertiary/aromatic N) is 4. The topological polar surface area (TPSA) is 132 Å². The second-order valence-corrected chi connectivity index (χ2v) is 12.3. The molecule has 2 heterocycles. The molecule has 0 aliphatic heterocycles. The highest BCUT2D eigenvalue weighted by Gasteiger charge is 2.38. The van der Waals surface area contributed by atoms with Crippen molar-refractivity contribution < 1.29 is 23.8 Å². The normalized spacial score (nSPS) is 14.6. The van der Waals surface area contributed by atoms with E-state index in [1.54, 1.807) is 6.33 Å². The van der Waals surface area contributed by atoms with Crippen molar-refractivity contribution in [2.45, 2.75) is 36.9 Å². The van der Waals surface area contributed by atoms with E-state index in [0.717, 1.165) is 29.5 Å². The maximum Gasteiger partial charge on any atom is 0.350 e. The first-order chi connectivity index (χ1) is 20.9. The van der Waals surface area contributed by atoms with Crippen LogP contribution in [-0.4, -0.2) is 54.9 Å². The van der Waals surface area contributed by atoms with Gasteiger partial charge in [0.2, 0.25) is 0 Å². The number of ether oxygens (including phenoxy) is 2. The summed E-state index contributed by atoms with van der Waals surface area (Å²) in [5.41, 5.74) is 3.27. The lowest BCUT2D eigenvalue weighted by molar-refractivity contribution is -0.0107. The highest BCUT2D eigenvalue weighted by Crippen LogP contribution is 2.41. The number of rotatable bonds is 14. The first-order valence-corrected chi connectivity index (χ1v) is 16.1. The van der Waals surface area contributed by atoms with Gasteiger partial charge in [0.1, 0.15) is 23.8 Å². The van der Waals surface area contributed by atoms with Crippen LogP contribution in [0.5, 0.6) is 0 Å². The van der Waals surface area contributed by atoms with Crippen LogP contribution >= 0.6 is 7.60 Å². The molecule has 5 aromatic rings. The molecule has 43 heavy (non-hydrogen) atoms. The van der Waals surface area contributed by atoms with Crippen molar-refractivity contribution in [2.75, 3.05) is 24.9 Å². The lowest BCUT2D eigenvalue weighted by Gasteiger charge is -2.37. The summed E-state index contributed by atoms with van der Waals surface area (Å²) in [6.07, 6.45) is 5.19. The molecule has 1 aliphatic carbocycles. The number of imidazole rings is 1. The summed E-state index contributed by atoms with van der Waals surface area (Å²) in [6.45, 7) is 0.324. The molecule has 0 spiro atoms. The van der Waals surface area contributed by atoms with E-state index >= 15 is 0 Å². The van der Waals surface area contributed by atoms with Crippen molar-refractivity contribution in [3.8, 4) is 0 Å². The van der Waals surface area contributed by atoms with Gasteiger partial charge in [-0.05, 0) is 36.0 Å². The van der Waals surface area contributed by atoms with Gasteiger partial charge in [-0.2, -0.15) is 0 Å². The van der Waals surface area contributed by atoms with Crippen molar-refractivity contribution in [1.82, 2.24) is 19.5 Å². The number of hydrogen-bond donors (Lipinski definition) is 3. The molecule has 3 N–H and O–H groups in total. The Morgan fingerprint density at radius 2 is 1.47 bits per heavy atom. The second kappa shape index (κ2) is 12.8. The van der Waals surface area contributed by atoms with Crippen molar-refractivity contribution in [1.29, 1.82) is 0 Å². The monoisotopic (exact) mass is 599 g/mol. The molecule has 11 heteroatoms. The minimum absolute atomic E-state index is 0.103. The summed E-state index contributed by atoms with van der Waals surface area (Å²) in [7, 11) is -4.30. The molecule has 0 amide bonds. The Balaban J connectivity index is 1.39. The Bertz CT molecular complexity index is 1580. The van der Waals surface area contributed by atoms with Gasteiger partial charge in [0, 0.05) is 12.6 Å². The van der Waals surface area contributed by atoms with Gasteiger partial charge in [0.05, 0.1) is 19.0 Å². The van der Waals surface area contributed by atoms with Gasteiger partial charge in [-0.1, -0.05) is 91.0 Å². The molecule has 0 bridgehead atoms. The average molecular weight is 600 g/mol. The first kappa shape index (κ1) is 29.2. The summed E-state index contributed by atoms with van der Waals surface area (Å²) in [4.78, 5) is 32.3. The van der Waals surface area contributed by atoms with Gasteiger partial charge in [0.25, 0.3) is 0 Å². The second-order valence-electron chi connectivity index (χ2n) is 10.7. The maximum absolute atomic E-state index is 11.4. The number of benzene rings is 3. The molecule has 6 rings (SSSR count). The highest BCUT2D eigenvalue weighted by molar-refractivity contribution is 7.51. The zero-order valence-electron chi connectivity index (χ0n) is 23.6. The SMILES string of the molecule is O=P(O)(O)COCCC(COC(c1ccccc1)(c1ccccc1)c1ccccc1)n1cnc2c(NC3CC3)ncnc21. The molecule has 3 aromatic carbocycles. The molecule has 10 nitrogen and oxygen atoms in total. The number of anilines is 1. The van der Waals surface area contributed by atoms with Crippen LogP contribution in [0.1, 0.15) is 42.0 Å². The van der Waals surface area contributed by atoms with E-state index in [0.29, 0.717) is 29.4 Å². The molecule has 1 fully saturated rings. The van der Waals surface area contributed by atoms with E-state index in [2.05, 4.69) is 56.7 Å². The summed E-state index contributed by atoms with van der Waals surface area (Å²) in [5.74, 6) is 0.691. The molecule has 1 saturated carbocycles. The van der Waals surface area contributed by atoms with Gasteiger partial charge in [-0.3, -0.25) is 4.57 Å². The van der Waals surface area contributed by atoms with Crippen molar-refractivity contribution in [3.05, 3.63) is 120 Å². The lowest BCUT2D eigenvalue weighted by Crippen LogP contribution is -2.35. The van der Waals surface area contributed by atoms with E-state index in [4.69, 9.17) is 9.47 Å². The largest absolute Gasteiger partial charge is 0.369 e. The Morgan fingerprint density at radius 3 is 2.00 bits per heavy atom. The lowest BCUT2D eigenvalue weighted by atomic mass is 9.80. The van der Waals surface area contributed by atoms with Crippen molar-refractivity contribution >= 4 is 24.6 Å². The van der Waals surface area contributed by atoms with Gasteiger partial charge >= 0.3 is 7.60 Å². The zero-order valence-corrected chi connectivity index (χ0v) is 24.5. The van der Waals surface area contributed by atoms with Crippen LogP contribution in [-0.2, 0) is 19.6 Å². The summed E-state index contributed by atoms with van der Waals surface area (Å²) >= 11 is 0. The maximum atomic E-state index is 11.4. The Morgan fingerprint density at radius 1 is 0.884 bits per heavy atom. The van der Waals surface area contributed by atoms with Crippen LogP contribution in [0.4, 0.5) is 5.82 Å². The molecular weight excluding hydrogens is 565 g/mol. The van der Waals surface area contributed by atoms with Crippen molar-refractivity contribution in [2.24, 2.45) is 0 Å². The number of fused-ring (bicyclic) bond motifs is 1. The fraction of sp³-hybridized carbons (Fsp3) is 0.281. The van der Waals surface area contributed by atoms with E-state index in [9.17, 15) is 14.4 Å². The first-order valence-electron chi connectivity index (χ1n) is 14.3. The van der Waals surface area contributed by atoms with E-state index < -0.39 is 19.5 Å². The number of aromatic nitrogens is 4. The van der Waals surface area contributed by atoms with Crippen LogP contribution in [0.2, 0.25) is 0 Å². The van der Waals surface area contributed by atoms with E-state index in [1.807, 2.05) is 59.2 Å². The minimum Gasteiger partial charge on any atom is -0.369 e. The van der Waals surface area contributed by atoms with Gasteiger partial charge in [0.15, 0.2) is 11.5 Å². The van der Waals surface area contributed by atoms with E-state index in [1.165, 1.54) is 6.33 Å². The molecule has 1 atom stereocenters. The third-order valence-corrected chi connectivity index (χ3v) is 8.08. The predicted molar refractivity (Wildman–Crippen MR) is 164 cm³/mol. The van der Waals surface area contributed by atoms with Crippen LogP contribution in [0.3, 0.4) is 0 Å². The van der Waals surface area contributed by atoms with E-state index in [-0.39, 0.29) is 19.3 Å². The molecule has 222 valence electrons. The quantitative estimate of drug-likeness (QED) is 0.0861. The standard InChI is InChI=1S/C32H34N5O5P/c38-43(39,40)23-41-19-18-28(37-22-35-29-30(36-27-16-17-27)33-21-34-31(29)37)20-42-32(24-10-4-1-5-11-24,25-12-6-2-7-13-25)26-14-8-3-9-15-26/h1-15,21-22,27-28H,16-20,23H2,(H,33,34,36)(H2,38,39,40). The Hall–Kier alpha value is -3.92. The summed E-state index contributed by atoms with van der Waals surface area (Å²) in [5, 5.41) is 3.43. The van der Waals surface area contributed by atoms with Crippen LogP contribution in [0, 0.1) is 0 Å². The molecule has 0 radical (unpaired) electrons. The minimum atomic E-state index is -4.30. The molecule has 1 aliphatic rings. The summed E-state index contributed by atoms with van der Waals surface area (Å²) < 4.78 is 25.9. The third-order valence-electron chi connectivity index (χ3n) is 7.56. The number of nitrogens with one attached hydrogen (secondary N) is 1. The molecular formula is C32H34N5O5P. The predicted octanol–water partition coefficient (Wildman–Crippen LogP) is 5.49. The zero-order chi connectivity index (χ0) is 29.7. The molecule has 0 saturated heterocycles. The van der Waals surface area contributed by atoms with Gasteiger partial charge < -0.3 is 29.1 Å². The summed E-state index contributed by atoms with van der Waals surface area (Å²) in [6, 6.07) is 30.4. The average Bonchev–Trinajstić information content (AvgIpc) is 3.74. The Labute approximate surface area is 249 Å². The van der Waals surface area contributed by atoms with Crippen molar-refractivity contribution in [3.63, 3.8) is 0 Å². The highest BCUT2D eigenvalue weighted by atomic mass is 31.2. The smallest absolute Gasteiger partial charge is 0.350 e. The van der Waals surface area contributed by atoms with Crippen LogP contribution in [0.15, 0.2) is 104 Å². The van der Waals surface area contributed by atoms with Gasteiger partial charge in [-0.15, -0.1) is 0 Å². The third kappa shape index (κ3) is 6.69. The fourth-order valence-corrected chi connectivity index (χ4v) is 5.71. The van der Waals surface area contributed by atoms with Crippen LogP contribution < -0.4 is 5.32 Å². The fourth-order valence-electron chi connectivity index (χ4n) is 5.34. The van der Waals surface area contributed by atoms with Gasteiger partial charge in [-0.25, -0.2) is 15.0 Å².